The quantitative estimate of drug-likeness (QED) is 0.826. The number of likely N-dealkylation sites (tertiary alicyclic amines) is 1. The predicted octanol–water partition coefficient (Wildman–Crippen LogP) is 1.60. The van der Waals surface area contributed by atoms with Crippen LogP contribution in [-0.4, -0.2) is 43.5 Å². The van der Waals surface area contributed by atoms with E-state index < -0.39 is 0 Å². The molecule has 4 nitrogen and oxygen atoms in total. The average Bonchev–Trinajstić information content (AvgIpc) is 2.40. The molecule has 1 saturated carbocycles. The molecular formula is C16H31N3O. The summed E-state index contributed by atoms with van der Waals surface area (Å²) < 4.78 is 0. The maximum atomic E-state index is 12.5. The number of carbonyl (C=O) groups is 1. The molecule has 1 aliphatic carbocycles. The number of nitrogens with one attached hydrogen (secondary N) is 1. The topological polar surface area (TPSA) is 58.4 Å². The first-order valence-electron chi connectivity index (χ1n) is 8.13. The Morgan fingerprint density at radius 2 is 2.00 bits per heavy atom. The van der Waals surface area contributed by atoms with Crippen molar-refractivity contribution in [1.82, 2.24) is 10.2 Å². The minimum absolute atomic E-state index is 0.0126. The number of hydrogen-bond donors (Lipinski definition) is 2. The van der Waals surface area contributed by atoms with Crippen LogP contribution in [0, 0.1) is 17.3 Å². The van der Waals surface area contributed by atoms with Gasteiger partial charge in [-0.3, -0.25) is 4.79 Å². The highest BCUT2D eigenvalue weighted by Gasteiger charge is 2.35. The van der Waals surface area contributed by atoms with Crippen molar-refractivity contribution in [2.75, 3.05) is 26.7 Å². The highest BCUT2D eigenvalue weighted by Crippen LogP contribution is 2.31. The molecule has 1 aliphatic heterocycles. The second-order valence-electron chi connectivity index (χ2n) is 7.43. The summed E-state index contributed by atoms with van der Waals surface area (Å²) in [4.78, 5) is 14.8. The van der Waals surface area contributed by atoms with Crippen LogP contribution in [0.1, 0.15) is 46.0 Å². The van der Waals surface area contributed by atoms with E-state index in [4.69, 9.17) is 5.73 Å². The molecule has 116 valence electrons. The van der Waals surface area contributed by atoms with Crippen LogP contribution in [-0.2, 0) is 4.79 Å². The van der Waals surface area contributed by atoms with Gasteiger partial charge in [-0.05, 0) is 57.2 Å². The molecule has 0 aromatic rings. The van der Waals surface area contributed by atoms with E-state index in [2.05, 4.69) is 31.1 Å². The van der Waals surface area contributed by atoms with Gasteiger partial charge < -0.3 is 16.0 Å². The first-order valence-corrected chi connectivity index (χ1v) is 8.13. The number of rotatable bonds is 3. The van der Waals surface area contributed by atoms with Gasteiger partial charge in [-0.1, -0.05) is 20.3 Å². The van der Waals surface area contributed by atoms with E-state index in [-0.39, 0.29) is 23.3 Å². The second-order valence-corrected chi connectivity index (χ2v) is 7.43. The molecule has 4 heteroatoms. The third-order valence-electron chi connectivity index (χ3n) is 5.46. The van der Waals surface area contributed by atoms with Crippen molar-refractivity contribution in [1.29, 1.82) is 0 Å². The lowest BCUT2D eigenvalue weighted by molar-refractivity contribution is -0.128. The van der Waals surface area contributed by atoms with E-state index in [1.807, 2.05) is 0 Å². The fourth-order valence-corrected chi connectivity index (χ4v) is 3.66. The molecule has 20 heavy (non-hydrogen) atoms. The standard InChI is InChI=1S/C16H31N3O/c1-12-5-4-6-13(17)14(12)15(20)18-11-16(2)7-9-19(3)10-8-16/h12-14H,4-11,17H2,1-3H3,(H,18,20). The van der Waals surface area contributed by atoms with Crippen LogP contribution in [0.2, 0.25) is 0 Å². The van der Waals surface area contributed by atoms with Crippen molar-refractivity contribution in [2.45, 2.75) is 52.0 Å². The summed E-state index contributed by atoms with van der Waals surface area (Å²) in [5, 5.41) is 3.20. The summed E-state index contributed by atoms with van der Waals surface area (Å²) in [7, 11) is 2.17. The van der Waals surface area contributed by atoms with E-state index >= 15 is 0 Å². The Morgan fingerprint density at radius 3 is 2.60 bits per heavy atom. The number of amides is 1. The summed E-state index contributed by atoms with van der Waals surface area (Å²) >= 11 is 0. The van der Waals surface area contributed by atoms with Gasteiger partial charge in [-0.25, -0.2) is 0 Å². The molecule has 1 saturated heterocycles. The largest absolute Gasteiger partial charge is 0.355 e. The van der Waals surface area contributed by atoms with Crippen LogP contribution in [0.25, 0.3) is 0 Å². The number of hydrogen-bond acceptors (Lipinski definition) is 3. The smallest absolute Gasteiger partial charge is 0.224 e. The van der Waals surface area contributed by atoms with Crippen LogP contribution < -0.4 is 11.1 Å². The third kappa shape index (κ3) is 3.73. The summed E-state index contributed by atoms with van der Waals surface area (Å²) in [6.07, 6.45) is 5.61. The maximum Gasteiger partial charge on any atom is 0.224 e. The number of nitrogens with two attached hydrogens (primary N) is 1. The molecule has 2 aliphatic rings. The molecule has 0 bridgehead atoms. The van der Waals surface area contributed by atoms with Gasteiger partial charge in [0.1, 0.15) is 0 Å². The summed E-state index contributed by atoms with van der Waals surface area (Å²) in [6.45, 7) is 7.53. The minimum Gasteiger partial charge on any atom is -0.355 e. The van der Waals surface area contributed by atoms with Gasteiger partial charge in [0.2, 0.25) is 5.91 Å². The van der Waals surface area contributed by atoms with Gasteiger partial charge in [0, 0.05) is 12.6 Å². The van der Waals surface area contributed by atoms with Gasteiger partial charge in [0.25, 0.3) is 0 Å². The second kappa shape index (κ2) is 6.44. The van der Waals surface area contributed by atoms with Gasteiger partial charge in [0.15, 0.2) is 0 Å². The first-order chi connectivity index (χ1) is 9.41. The molecule has 0 spiro atoms. The van der Waals surface area contributed by atoms with Crippen molar-refractivity contribution in [3.05, 3.63) is 0 Å². The Labute approximate surface area is 123 Å². The summed E-state index contributed by atoms with van der Waals surface area (Å²) in [5.41, 5.74) is 6.42. The predicted molar refractivity (Wildman–Crippen MR) is 82.3 cm³/mol. The molecule has 0 aromatic carbocycles. The van der Waals surface area contributed by atoms with Crippen molar-refractivity contribution >= 4 is 5.91 Å². The van der Waals surface area contributed by atoms with E-state index in [9.17, 15) is 4.79 Å². The lowest BCUT2D eigenvalue weighted by Gasteiger charge is -2.39. The molecule has 2 rings (SSSR count). The number of nitrogens with zero attached hydrogens (tertiary/aromatic N) is 1. The molecule has 0 radical (unpaired) electrons. The zero-order chi connectivity index (χ0) is 14.8. The number of carbonyl (C=O) groups excluding carboxylic acids is 1. The highest BCUT2D eigenvalue weighted by atomic mass is 16.1. The van der Waals surface area contributed by atoms with Crippen LogP contribution in [0.15, 0.2) is 0 Å². The highest BCUT2D eigenvalue weighted by molar-refractivity contribution is 5.79. The molecule has 3 N–H and O–H groups in total. The monoisotopic (exact) mass is 281 g/mol. The van der Waals surface area contributed by atoms with Gasteiger partial charge >= 0.3 is 0 Å². The Kier molecular flexibility index (Phi) is 5.08. The Hall–Kier alpha value is -0.610. The first kappa shape index (κ1) is 15.8. The van der Waals surface area contributed by atoms with Crippen molar-refractivity contribution in [2.24, 2.45) is 23.0 Å². The summed E-state index contributed by atoms with van der Waals surface area (Å²) in [6, 6.07) is 0.0454. The zero-order valence-corrected chi connectivity index (χ0v) is 13.3. The third-order valence-corrected chi connectivity index (χ3v) is 5.46. The summed E-state index contributed by atoms with van der Waals surface area (Å²) in [5.74, 6) is 0.618. The van der Waals surface area contributed by atoms with E-state index in [0.717, 1.165) is 51.7 Å². The van der Waals surface area contributed by atoms with Gasteiger partial charge in [0.05, 0.1) is 5.92 Å². The van der Waals surface area contributed by atoms with Crippen LogP contribution >= 0.6 is 0 Å². The van der Waals surface area contributed by atoms with E-state index in [1.54, 1.807) is 0 Å². The maximum absolute atomic E-state index is 12.5. The van der Waals surface area contributed by atoms with Crippen molar-refractivity contribution < 1.29 is 4.79 Å². The SMILES string of the molecule is CC1CCCC(N)C1C(=O)NCC1(C)CCN(C)CC1. The van der Waals surface area contributed by atoms with Crippen molar-refractivity contribution in [3.8, 4) is 0 Å². The number of piperidine rings is 1. The molecular weight excluding hydrogens is 250 g/mol. The Bertz CT molecular complexity index is 327. The molecule has 2 fully saturated rings. The Morgan fingerprint density at radius 1 is 1.35 bits per heavy atom. The average molecular weight is 281 g/mol. The lowest BCUT2D eigenvalue weighted by Crippen LogP contribution is -2.50. The van der Waals surface area contributed by atoms with E-state index in [1.165, 1.54) is 0 Å². The van der Waals surface area contributed by atoms with Crippen molar-refractivity contribution in [3.63, 3.8) is 0 Å². The fourth-order valence-electron chi connectivity index (χ4n) is 3.66. The normalized spacial score (nSPS) is 34.7. The fraction of sp³-hybridized carbons (Fsp3) is 0.938. The Balaban J connectivity index is 1.85. The van der Waals surface area contributed by atoms with Gasteiger partial charge in [-0.2, -0.15) is 0 Å². The van der Waals surface area contributed by atoms with Gasteiger partial charge in [-0.15, -0.1) is 0 Å². The minimum atomic E-state index is 0.0126. The zero-order valence-electron chi connectivity index (χ0n) is 13.3. The van der Waals surface area contributed by atoms with E-state index in [0.29, 0.717) is 5.92 Å². The van der Waals surface area contributed by atoms with Crippen LogP contribution in [0.5, 0.6) is 0 Å². The molecule has 3 unspecified atom stereocenters. The molecule has 0 aromatic heterocycles. The van der Waals surface area contributed by atoms with Crippen LogP contribution in [0.4, 0.5) is 0 Å². The van der Waals surface area contributed by atoms with Crippen LogP contribution in [0.3, 0.4) is 0 Å². The lowest BCUT2D eigenvalue weighted by atomic mass is 9.76. The molecule has 1 heterocycles. The molecule has 3 atom stereocenters. The molecule has 1 amide bonds.